The minimum absolute atomic E-state index is 0.198. The maximum Gasteiger partial charge on any atom is 0.339 e. The van der Waals surface area contributed by atoms with Crippen LogP contribution in [-0.4, -0.2) is 42.0 Å². The molecule has 0 saturated heterocycles. The van der Waals surface area contributed by atoms with E-state index in [2.05, 4.69) is 6.07 Å². The van der Waals surface area contributed by atoms with Crippen molar-refractivity contribution < 1.29 is 19.1 Å². The summed E-state index contributed by atoms with van der Waals surface area (Å²) in [7, 11) is 1.61. The van der Waals surface area contributed by atoms with Crippen LogP contribution in [0.1, 0.15) is 21.5 Å². The zero-order valence-electron chi connectivity index (χ0n) is 18.9. The summed E-state index contributed by atoms with van der Waals surface area (Å²) in [6.45, 7) is 0.856. The number of pyridine rings is 1. The number of benzene rings is 3. The van der Waals surface area contributed by atoms with Gasteiger partial charge in [0.05, 0.1) is 23.9 Å². The van der Waals surface area contributed by atoms with Crippen molar-refractivity contribution in [2.75, 3.05) is 20.3 Å². The van der Waals surface area contributed by atoms with Gasteiger partial charge in [0.2, 0.25) is 0 Å². The molecule has 1 aromatic heterocycles. The van der Waals surface area contributed by atoms with Crippen molar-refractivity contribution in [3.8, 4) is 17.0 Å². The van der Waals surface area contributed by atoms with E-state index in [-0.39, 0.29) is 12.5 Å². The van der Waals surface area contributed by atoms with Crippen molar-refractivity contribution in [2.45, 2.75) is 13.0 Å². The topological polar surface area (TPSA) is 68.7 Å². The van der Waals surface area contributed by atoms with Crippen molar-refractivity contribution in [3.05, 3.63) is 95.6 Å². The maximum atomic E-state index is 13.1. The van der Waals surface area contributed by atoms with Gasteiger partial charge in [-0.2, -0.15) is 0 Å². The predicted octanol–water partition coefficient (Wildman–Crippen LogP) is 4.65. The highest BCUT2D eigenvalue weighted by molar-refractivity contribution is 6.05. The van der Waals surface area contributed by atoms with Gasteiger partial charge >= 0.3 is 5.97 Å². The number of ether oxygens (including phenoxy) is 2. The summed E-state index contributed by atoms with van der Waals surface area (Å²) in [6, 6.07) is 24.7. The number of hydrogen-bond acceptors (Lipinski definition) is 5. The zero-order chi connectivity index (χ0) is 23.5. The normalized spacial score (nSPS) is 12.8. The molecule has 170 valence electrons. The van der Waals surface area contributed by atoms with E-state index >= 15 is 0 Å². The van der Waals surface area contributed by atoms with Crippen molar-refractivity contribution in [3.63, 3.8) is 0 Å². The lowest BCUT2D eigenvalue weighted by atomic mass is 10.00. The molecule has 1 amide bonds. The highest BCUT2D eigenvalue weighted by Crippen LogP contribution is 2.27. The van der Waals surface area contributed by atoms with E-state index in [1.807, 2.05) is 66.7 Å². The first-order chi connectivity index (χ1) is 16.6. The molecule has 0 unspecified atom stereocenters. The van der Waals surface area contributed by atoms with Gasteiger partial charge in [0.1, 0.15) is 5.75 Å². The van der Waals surface area contributed by atoms with Gasteiger partial charge < -0.3 is 14.4 Å². The van der Waals surface area contributed by atoms with Gasteiger partial charge in [-0.05, 0) is 53.9 Å². The largest absolute Gasteiger partial charge is 0.497 e. The molecule has 0 aliphatic carbocycles. The SMILES string of the molecule is COc1ccc(-c2cc(C(=O)OCC(=O)N3CCc4ccccc4C3)c3ccccc3n2)cc1. The molecule has 1 aliphatic rings. The summed E-state index contributed by atoms with van der Waals surface area (Å²) in [5.41, 5.74) is 4.96. The summed E-state index contributed by atoms with van der Waals surface area (Å²) in [5.74, 6) is -0.00117. The van der Waals surface area contributed by atoms with Gasteiger partial charge in [-0.25, -0.2) is 9.78 Å². The van der Waals surface area contributed by atoms with E-state index in [0.29, 0.717) is 35.2 Å². The number of carbonyl (C=O) groups is 2. The maximum absolute atomic E-state index is 13.1. The molecule has 4 aromatic rings. The Kier molecular flexibility index (Phi) is 5.95. The van der Waals surface area contributed by atoms with Crippen molar-refractivity contribution in [1.29, 1.82) is 0 Å². The fourth-order valence-corrected chi connectivity index (χ4v) is 4.26. The Balaban J connectivity index is 1.35. The fourth-order valence-electron chi connectivity index (χ4n) is 4.26. The number of rotatable bonds is 5. The minimum Gasteiger partial charge on any atom is -0.497 e. The van der Waals surface area contributed by atoms with Crippen LogP contribution in [0.5, 0.6) is 5.75 Å². The van der Waals surface area contributed by atoms with Gasteiger partial charge in [-0.15, -0.1) is 0 Å². The zero-order valence-corrected chi connectivity index (χ0v) is 18.9. The van der Waals surface area contributed by atoms with Crippen LogP contribution in [0.4, 0.5) is 0 Å². The first-order valence-electron chi connectivity index (χ1n) is 11.2. The summed E-state index contributed by atoms with van der Waals surface area (Å²) >= 11 is 0. The van der Waals surface area contributed by atoms with Crippen LogP contribution in [0.25, 0.3) is 22.2 Å². The van der Waals surface area contributed by atoms with Gasteiger partial charge in [-0.3, -0.25) is 4.79 Å². The first kappa shape index (κ1) is 21.6. The number of para-hydroxylation sites is 1. The Morgan fingerprint density at radius 2 is 1.68 bits per heavy atom. The van der Waals surface area contributed by atoms with E-state index in [0.717, 1.165) is 23.3 Å². The minimum atomic E-state index is -0.542. The number of hydrogen-bond donors (Lipinski definition) is 0. The van der Waals surface area contributed by atoms with Gasteiger partial charge in [-0.1, -0.05) is 42.5 Å². The number of esters is 1. The second kappa shape index (κ2) is 9.35. The monoisotopic (exact) mass is 452 g/mol. The molecule has 2 heterocycles. The smallest absolute Gasteiger partial charge is 0.339 e. The molecule has 5 rings (SSSR count). The van der Waals surface area contributed by atoms with Crippen LogP contribution in [0, 0.1) is 0 Å². The van der Waals surface area contributed by atoms with Gasteiger partial charge in [0, 0.05) is 24.0 Å². The molecular weight excluding hydrogens is 428 g/mol. The van der Waals surface area contributed by atoms with Gasteiger partial charge in [0.15, 0.2) is 6.61 Å². The molecule has 6 heteroatoms. The Bertz CT molecular complexity index is 1360. The van der Waals surface area contributed by atoms with E-state index < -0.39 is 5.97 Å². The van der Waals surface area contributed by atoms with Crippen molar-refractivity contribution in [1.82, 2.24) is 9.88 Å². The van der Waals surface area contributed by atoms with Crippen LogP contribution in [0.2, 0.25) is 0 Å². The Morgan fingerprint density at radius 1 is 0.941 bits per heavy atom. The molecule has 0 saturated carbocycles. The Morgan fingerprint density at radius 3 is 2.47 bits per heavy atom. The molecule has 0 spiro atoms. The van der Waals surface area contributed by atoms with Crippen LogP contribution in [0.3, 0.4) is 0 Å². The predicted molar refractivity (Wildman–Crippen MR) is 130 cm³/mol. The third kappa shape index (κ3) is 4.35. The van der Waals surface area contributed by atoms with E-state index in [1.54, 1.807) is 18.1 Å². The molecule has 0 atom stereocenters. The van der Waals surface area contributed by atoms with Crippen LogP contribution < -0.4 is 4.74 Å². The third-order valence-electron chi connectivity index (χ3n) is 6.13. The number of aromatic nitrogens is 1. The lowest BCUT2D eigenvalue weighted by Crippen LogP contribution is -2.38. The second-order valence-corrected chi connectivity index (χ2v) is 8.21. The van der Waals surface area contributed by atoms with Crippen molar-refractivity contribution >= 4 is 22.8 Å². The Hall–Kier alpha value is -4.19. The molecule has 6 nitrogen and oxygen atoms in total. The molecule has 0 fully saturated rings. The van der Waals surface area contributed by atoms with Crippen LogP contribution >= 0.6 is 0 Å². The molecule has 0 N–H and O–H groups in total. The first-order valence-corrected chi connectivity index (χ1v) is 11.2. The molecular formula is C28H24N2O4. The molecule has 0 bridgehead atoms. The highest BCUT2D eigenvalue weighted by Gasteiger charge is 2.22. The van der Waals surface area contributed by atoms with Gasteiger partial charge in [0.25, 0.3) is 5.91 Å². The van der Waals surface area contributed by atoms with E-state index in [1.165, 1.54) is 5.56 Å². The standard InChI is InChI=1S/C28H24N2O4/c1-33-22-12-10-20(11-13-22)26-16-24(23-8-4-5-9-25(23)29-26)28(32)34-18-27(31)30-15-14-19-6-2-3-7-21(19)17-30/h2-13,16H,14-15,17-18H2,1H3. The van der Waals surface area contributed by atoms with Crippen LogP contribution in [0.15, 0.2) is 78.9 Å². The van der Waals surface area contributed by atoms with E-state index in [9.17, 15) is 9.59 Å². The van der Waals surface area contributed by atoms with E-state index in [4.69, 9.17) is 14.5 Å². The fraction of sp³-hybridized carbons (Fsp3) is 0.179. The third-order valence-corrected chi connectivity index (χ3v) is 6.13. The quantitative estimate of drug-likeness (QED) is 0.412. The molecule has 34 heavy (non-hydrogen) atoms. The molecule has 0 radical (unpaired) electrons. The Labute approximate surface area is 197 Å². The number of carbonyl (C=O) groups excluding carboxylic acids is 2. The number of amides is 1. The summed E-state index contributed by atoms with van der Waals surface area (Å²) in [4.78, 5) is 32.3. The van der Waals surface area contributed by atoms with Crippen molar-refractivity contribution in [2.24, 2.45) is 0 Å². The summed E-state index contributed by atoms with van der Waals surface area (Å²) in [6.07, 6.45) is 0.802. The summed E-state index contributed by atoms with van der Waals surface area (Å²) in [5, 5.41) is 0.684. The van der Waals surface area contributed by atoms with Crippen LogP contribution in [-0.2, 0) is 22.5 Å². The average Bonchev–Trinajstić information content (AvgIpc) is 2.90. The lowest BCUT2D eigenvalue weighted by Gasteiger charge is -2.28. The lowest BCUT2D eigenvalue weighted by molar-refractivity contribution is -0.135. The molecule has 3 aromatic carbocycles. The number of nitrogens with zero attached hydrogens (tertiary/aromatic N) is 2. The second-order valence-electron chi connectivity index (χ2n) is 8.21. The number of methoxy groups -OCH3 is 1. The number of fused-ring (bicyclic) bond motifs is 2. The summed E-state index contributed by atoms with van der Waals surface area (Å²) < 4.78 is 10.7. The molecule has 1 aliphatic heterocycles. The average molecular weight is 453 g/mol. The highest BCUT2D eigenvalue weighted by atomic mass is 16.5.